The maximum atomic E-state index is 11.1. The van der Waals surface area contributed by atoms with Gasteiger partial charge in [0, 0.05) is 6.07 Å². The Labute approximate surface area is 68.8 Å². The third-order valence-corrected chi connectivity index (χ3v) is 1.31. The highest BCUT2D eigenvalue weighted by Crippen LogP contribution is 1.85. The number of aryl methyl sites for hydroxylation is 1. The molecule has 2 N–H and O–H groups in total. The molecular weight excluding hydrogens is 158 g/mol. The van der Waals surface area contributed by atoms with Gasteiger partial charge in [-0.1, -0.05) is 0 Å². The van der Waals surface area contributed by atoms with E-state index in [4.69, 9.17) is 5.73 Å². The zero-order chi connectivity index (χ0) is 9.14. The van der Waals surface area contributed by atoms with Gasteiger partial charge in [-0.25, -0.2) is 4.68 Å². The molecule has 0 unspecified atom stereocenters. The van der Waals surface area contributed by atoms with Crippen LogP contribution < -0.4 is 11.3 Å². The van der Waals surface area contributed by atoms with Crippen molar-refractivity contribution in [3.8, 4) is 0 Å². The molecule has 1 rings (SSSR count). The number of nitrogens with two attached hydrogens (primary N) is 1. The van der Waals surface area contributed by atoms with Crippen LogP contribution in [-0.2, 0) is 11.3 Å². The van der Waals surface area contributed by atoms with E-state index in [0.717, 1.165) is 10.2 Å². The van der Waals surface area contributed by atoms with Crippen molar-refractivity contribution >= 4 is 5.91 Å². The first kappa shape index (κ1) is 8.45. The van der Waals surface area contributed by atoms with Crippen LogP contribution in [-0.4, -0.2) is 15.7 Å². The van der Waals surface area contributed by atoms with Gasteiger partial charge in [-0.3, -0.25) is 9.59 Å². The first-order chi connectivity index (χ1) is 5.59. The molecule has 0 bridgehead atoms. The van der Waals surface area contributed by atoms with Gasteiger partial charge in [0.2, 0.25) is 5.91 Å². The third kappa shape index (κ3) is 1.91. The Morgan fingerprint density at radius 2 is 2.42 bits per heavy atom. The second-order valence-electron chi connectivity index (χ2n) is 2.50. The summed E-state index contributed by atoms with van der Waals surface area (Å²) in [6.07, 6.45) is 1.50. The van der Waals surface area contributed by atoms with E-state index < -0.39 is 5.91 Å². The number of carbonyl (C=O) groups is 1. The van der Waals surface area contributed by atoms with Crippen LogP contribution in [0.3, 0.4) is 0 Å². The van der Waals surface area contributed by atoms with Crippen LogP contribution in [0.25, 0.3) is 0 Å². The van der Waals surface area contributed by atoms with E-state index in [1.165, 1.54) is 12.3 Å². The summed E-state index contributed by atoms with van der Waals surface area (Å²) in [5.74, 6) is -0.576. The summed E-state index contributed by atoms with van der Waals surface area (Å²) < 4.78 is 1.02. The molecule has 1 aromatic heterocycles. The molecule has 64 valence electrons. The van der Waals surface area contributed by atoms with E-state index in [2.05, 4.69) is 5.10 Å². The van der Waals surface area contributed by atoms with Crippen molar-refractivity contribution in [3.05, 3.63) is 28.2 Å². The summed E-state index contributed by atoms with van der Waals surface area (Å²) in [6, 6.07) is 1.40. The zero-order valence-electron chi connectivity index (χ0n) is 6.65. The van der Waals surface area contributed by atoms with Gasteiger partial charge in [0.05, 0.1) is 6.20 Å². The molecule has 0 aliphatic carbocycles. The minimum atomic E-state index is -0.576. The molecule has 1 amide bonds. The maximum Gasteiger partial charge on any atom is 0.267 e. The summed E-state index contributed by atoms with van der Waals surface area (Å²) in [4.78, 5) is 21.5. The molecule has 5 nitrogen and oxygen atoms in total. The Kier molecular flexibility index (Phi) is 2.23. The van der Waals surface area contributed by atoms with Crippen LogP contribution >= 0.6 is 0 Å². The van der Waals surface area contributed by atoms with Crippen molar-refractivity contribution in [2.24, 2.45) is 5.73 Å². The molecule has 0 spiro atoms. The summed E-state index contributed by atoms with van der Waals surface area (Å²) >= 11 is 0. The number of primary amides is 1. The molecule has 0 atom stereocenters. The van der Waals surface area contributed by atoms with Gasteiger partial charge in [-0.15, -0.1) is 0 Å². The quantitative estimate of drug-likeness (QED) is 0.616. The minimum absolute atomic E-state index is 0.168. The van der Waals surface area contributed by atoms with E-state index in [-0.39, 0.29) is 12.1 Å². The van der Waals surface area contributed by atoms with Crippen LogP contribution in [0.15, 0.2) is 17.1 Å². The molecule has 0 aliphatic rings. The molecule has 0 fully saturated rings. The highest BCUT2D eigenvalue weighted by molar-refractivity contribution is 5.73. The lowest BCUT2D eigenvalue weighted by Crippen LogP contribution is -2.29. The van der Waals surface area contributed by atoms with Crippen LogP contribution in [0.4, 0.5) is 0 Å². The Hall–Kier alpha value is -1.65. The topological polar surface area (TPSA) is 78.0 Å². The number of carbonyl (C=O) groups excluding carboxylic acids is 1. The Morgan fingerprint density at radius 3 is 2.92 bits per heavy atom. The Balaban J connectivity index is 3.02. The fraction of sp³-hybridized carbons (Fsp3) is 0.286. The molecule has 1 aromatic rings. The number of hydrogen-bond donors (Lipinski definition) is 1. The van der Waals surface area contributed by atoms with E-state index in [1.54, 1.807) is 6.92 Å². The van der Waals surface area contributed by atoms with E-state index in [9.17, 15) is 9.59 Å². The predicted molar refractivity (Wildman–Crippen MR) is 42.4 cm³/mol. The second-order valence-corrected chi connectivity index (χ2v) is 2.50. The third-order valence-electron chi connectivity index (χ3n) is 1.31. The fourth-order valence-corrected chi connectivity index (χ4v) is 0.791. The van der Waals surface area contributed by atoms with Crippen LogP contribution in [0.5, 0.6) is 0 Å². The number of amides is 1. The molecule has 5 heteroatoms. The van der Waals surface area contributed by atoms with Gasteiger partial charge in [-0.2, -0.15) is 5.10 Å². The van der Waals surface area contributed by atoms with Gasteiger partial charge in [0.1, 0.15) is 6.54 Å². The lowest BCUT2D eigenvalue weighted by molar-refractivity contribution is -0.118. The normalized spacial score (nSPS) is 9.75. The number of hydrogen-bond acceptors (Lipinski definition) is 3. The number of rotatable bonds is 2. The van der Waals surface area contributed by atoms with Gasteiger partial charge in [0.15, 0.2) is 0 Å². The van der Waals surface area contributed by atoms with Gasteiger partial charge in [-0.05, 0) is 12.5 Å². The van der Waals surface area contributed by atoms with E-state index in [0.29, 0.717) is 0 Å². The van der Waals surface area contributed by atoms with E-state index in [1.807, 2.05) is 0 Å². The van der Waals surface area contributed by atoms with E-state index >= 15 is 0 Å². The second kappa shape index (κ2) is 3.17. The zero-order valence-corrected chi connectivity index (χ0v) is 6.65. The summed E-state index contributed by atoms with van der Waals surface area (Å²) in [5.41, 5.74) is 5.35. The van der Waals surface area contributed by atoms with Crippen molar-refractivity contribution in [1.82, 2.24) is 9.78 Å². The molecular formula is C7H9N3O2. The first-order valence-corrected chi connectivity index (χ1v) is 3.41. The molecule has 0 saturated carbocycles. The fourth-order valence-electron chi connectivity index (χ4n) is 0.791. The summed E-state index contributed by atoms with van der Waals surface area (Å²) in [7, 11) is 0. The largest absolute Gasteiger partial charge is 0.368 e. The lowest BCUT2D eigenvalue weighted by Gasteiger charge is -1.99. The van der Waals surface area contributed by atoms with Crippen LogP contribution in [0.2, 0.25) is 0 Å². The standard InChI is InChI=1S/C7H9N3O2/c1-5-2-7(12)10(9-3-5)4-6(8)11/h2-3H,4H2,1H3,(H2,8,11). The molecule has 0 aliphatic heterocycles. The highest BCUT2D eigenvalue weighted by atomic mass is 16.2. The summed E-state index contributed by atoms with van der Waals surface area (Å²) in [5, 5.41) is 3.72. The molecule has 0 radical (unpaired) electrons. The van der Waals surface area contributed by atoms with Crippen LogP contribution in [0, 0.1) is 6.92 Å². The molecule has 0 saturated heterocycles. The van der Waals surface area contributed by atoms with Crippen molar-refractivity contribution in [2.75, 3.05) is 0 Å². The summed E-state index contributed by atoms with van der Waals surface area (Å²) in [6.45, 7) is 1.59. The lowest BCUT2D eigenvalue weighted by atomic mass is 10.3. The Morgan fingerprint density at radius 1 is 1.75 bits per heavy atom. The average Bonchev–Trinajstić information content (AvgIpc) is 1.94. The van der Waals surface area contributed by atoms with Gasteiger partial charge in [0.25, 0.3) is 5.56 Å². The Bertz CT molecular complexity index is 356. The predicted octanol–water partition coefficient (Wildman–Crippen LogP) is -0.963. The maximum absolute atomic E-state index is 11.1. The minimum Gasteiger partial charge on any atom is -0.368 e. The monoisotopic (exact) mass is 167 g/mol. The van der Waals surface area contributed by atoms with Gasteiger partial charge >= 0.3 is 0 Å². The highest BCUT2D eigenvalue weighted by Gasteiger charge is 1.99. The van der Waals surface area contributed by atoms with Crippen molar-refractivity contribution in [2.45, 2.75) is 13.5 Å². The molecule has 1 heterocycles. The van der Waals surface area contributed by atoms with Crippen LogP contribution in [0.1, 0.15) is 5.56 Å². The van der Waals surface area contributed by atoms with Gasteiger partial charge < -0.3 is 5.73 Å². The first-order valence-electron chi connectivity index (χ1n) is 3.41. The number of aromatic nitrogens is 2. The molecule has 0 aromatic carbocycles. The SMILES string of the molecule is Cc1cnn(CC(N)=O)c(=O)c1. The van der Waals surface area contributed by atoms with Crippen molar-refractivity contribution in [1.29, 1.82) is 0 Å². The molecule has 12 heavy (non-hydrogen) atoms. The number of nitrogens with zero attached hydrogens (tertiary/aromatic N) is 2. The average molecular weight is 167 g/mol. The smallest absolute Gasteiger partial charge is 0.267 e. The van der Waals surface area contributed by atoms with Crippen molar-refractivity contribution in [3.63, 3.8) is 0 Å². The van der Waals surface area contributed by atoms with Crippen molar-refractivity contribution < 1.29 is 4.79 Å².